The molecule has 0 fully saturated rings. The number of ketones is 1. The number of carbonyl (C=O) groups is 1. The van der Waals surface area contributed by atoms with Crippen LogP contribution in [0.1, 0.15) is 21.5 Å². The molecule has 0 heterocycles. The van der Waals surface area contributed by atoms with Crippen molar-refractivity contribution in [3.63, 3.8) is 0 Å². The van der Waals surface area contributed by atoms with Crippen molar-refractivity contribution in [3.8, 4) is 11.5 Å². The molecule has 19 heavy (non-hydrogen) atoms. The third-order valence-electron chi connectivity index (χ3n) is 3.24. The molecule has 2 N–H and O–H groups in total. The number of hydrogen-bond acceptors (Lipinski definition) is 3. The SMILES string of the molecule is O=C1/C(=C/c2cccc(O)c2)Cc2cccc(O)c21. The van der Waals surface area contributed by atoms with E-state index in [1.54, 1.807) is 30.3 Å². The summed E-state index contributed by atoms with van der Waals surface area (Å²) in [5.74, 6) is 0.0541. The van der Waals surface area contributed by atoms with Gasteiger partial charge < -0.3 is 10.2 Å². The molecule has 0 unspecified atom stereocenters. The summed E-state index contributed by atoms with van der Waals surface area (Å²) in [6, 6.07) is 11.8. The van der Waals surface area contributed by atoms with Gasteiger partial charge >= 0.3 is 0 Å². The van der Waals surface area contributed by atoms with Crippen LogP contribution in [-0.2, 0) is 6.42 Å². The summed E-state index contributed by atoms with van der Waals surface area (Å²) >= 11 is 0. The van der Waals surface area contributed by atoms with Crippen molar-refractivity contribution in [3.05, 3.63) is 64.7 Å². The fourth-order valence-electron chi connectivity index (χ4n) is 2.37. The van der Waals surface area contributed by atoms with E-state index in [-0.39, 0.29) is 17.3 Å². The van der Waals surface area contributed by atoms with E-state index >= 15 is 0 Å². The standard InChI is InChI=1S/C16H12O3/c17-13-5-1-3-10(8-13)7-12-9-11-4-2-6-14(18)15(11)16(12)19/h1-8,17-18H,9H2/b12-7+. The minimum absolute atomic E-state index is 0.0295. The number of Topliss-reactive ketones (excluding diaryl/α,β-unsaturated/α-hetero) is 1. The summed E-state index contributed by atoms with van der Waals surface area (Å²) in [5, 5.41) is 19.2. The summed E-state index contributed by atoms with van der Waals surface area (Å²) in [4.78, 5) is 12.2. The number of hydrogen-bond donors (Lipinski definition) is 2. The van der Waals surface area contributed by atoms with Gasteiger partial charge in [0, 0.05) is 12.0 Å². The average molecular weight is 252 g/mol. The third-order valence-corrected chi connectivity index (χ3v) is 3.24. The van der Waals surface area contributed by atoms with Gasteiger partial charge in [0.1, 0.15) is 11.5 Å². The second-order valence-electron chi connectivity index (χ2n) is 4.58. The number of carbonyl (C=O) groups excluding carboxylic acids is 1. The molecular weight excluding hydrogens is 240 g/mol. The van der Waals surface area contributed by atoms with E-state index in [0.717, 1.165) is 11.1 Å². The molecular formula is C16H12O3. The van der Waals surface area contributed by atoms with Gasteiger partial charge in [0.2, 0.25) is 0 Å². The lowest BCUT2D eigenvalue weighted by atomic mass is 10.1. The first-order chi connectivity index (χ1) is 9.15. The van der Waals surface area contributed by atoms with Crippen LogP contribution >= 0.6 is 0 Å². The van der Waals surface area contributed by atoms with E-state index in [4.69, 9.17) is 0 Å². The fraction of sp³-hybridized carbons (Fsp3) is 0.0625. The summed E-state index contributed by atoms with van der Waals surface area (Å²) in [6.45, 7) is 0. The second kappa shape index (κ2) is 4.28. The van der Waals surface area contributed by atoms with Crippen molar-refractivity contribution in [1.82, 2.24) is 0 Å². The molecule has 0 aromatic heterocycles. The number of fused-ring (bicyclic) bond motifs is 1. The smallest absolute Gasteiger partial charge is 0.193 e. The maximum Gasteiger partial charge on any atom is 0.193 e. The lowest BCUT2D eigenvalue weighted by Crippen LogP contribution is -1.95. The summed E-state index contributed by atoms with van der Waals surface area (Å²) in [6.07, 6.45) is 2.26. The molecule has 2 aromatic carbocycles. The first-order valence-corrected chi connectivity index (χ1v) is 6.00. The molecule has 1 aliphatic carbocycles. The summed E-state index contributed by atoms with van der Waals surface area (Å²) in [5.41, 5.74) is 2.64. The highest BCUT2D eigenvalue weighted by Gasteiger charge is 2.27. The van der Waals surface area contributed by atoms with Gasteiger partial charge in [-0.15, -0.1) is 0 Å². The van der Waals surface area contributed by atoms with Gasteiger partial charge in [-0.1, -0.05) is 24.3 Å². The predicted octanol–water partition coefficient (Wildman–Crippen LogP) is 2.92. The molecule has 2 aromatic rings. The van der Waals surface area contributed by atoms with Crippen LogP contribution in [0, 0.1) is 0 Å². The van der Waals surface area contributed by atoms with Crippen molar-refractivity contribution in [2.45, 2.75) is 6.42 Å². The van der Waals surface area contributed by atoms with Crippen LogP contribution in [0.15, 0.2) is 48.0 Å². The molecule has 94 valence electrons. The minimum atomic E-state index is -0.142. The molecule has 0 saturated heterocycles. The zero-order valence-electron chi connectivity index (χ0n) is 10.1. The Kier molecular flexibility index (Phi) is 2.60. The van der Waals surface area contributed by atoms with E-state index in [1.165, 1.54) is 6.07 Å². The number of aromatic hydroxyl groups is 2. The molecule has 0 bridgehead atoms. The van der Waals surface area contributed by atoms with Crippen molar-refractivity contribution in [2.24, 2.45) is 0 Å². The van der Waals surface area contributed by atoms with Gasteiger partial charge in [0.15, 0.2) is 5.78 Å². The molecule has 1 aliphatic rings. The van der Waals surface area contributed by atoms with Crippen molar-refractivity contribution in [2.75, 3.05) is 0 Å². The normalized spacial score (nSPS) is 15.8. The van der Waals surface area contributed by atoms with E-state index in [0.29, 0.717) is 17.6 Å². The Morgan fingerprint density at radius 2 is 1.84 bits per heavy atom. The molecule has 3 nitrogen and oxygen atoms in total. The number of allylic oxidation sites excluding steroid dienone is 1. The average Bonchev–Trinajstić information content (AvgIpc) is 2.68. The van der Waals surface area contributed by atoms with Crippen LogP contribution in [0.25, 0.3) is 6.08 Å². The monoisotopic (exact) mass is 252 g/mol. The number of phenolic OH excluding ortho intramolecular Hbond substituents is 2. The lowest BCUT2D eigenvalue weighted by molar-refractivity contribution is 0.103. The van der Waals surface area contributed by atoms with Gasteiger partial charge in [0.25, 0.3) is 0 Å². The Balaban J connectivity index is 2.03. The van der Waals surface area contributed by atoms with Crippen LogP contribution in [0.5, 0.6) is 11.5 Å². The Morgan fingerprint density at radius 1 is 1.05 bits per heavy atom. The third kappa shape index (κ3) is 1.99. The second-order valence-corrected chi connectivity index (χ2v) is 4.58. The molecule has 0 radical (unpaired) electrons. The highest BCUT2D eigenvalue weighted by atomic mass is 16.3. The maximum atomic E-state index is 12.2. The van der Waals surface area contributed by atoms with Crippen molar-refractivity contribution in [1.29, 1.82) is 0 Å². The molecule has 3 rings (SSSR count). The zero-order chi connectivity index (χ0) is 13.4. The Bertz CT molecular complexity index is 699. The minimum Gasteiger partial charge on any atom is -0.508 e. The molecule has 0 spiro atoms. The molecule has 0 atom stereocenters. The number of phenols is 2. The quantitative estimate of drug-likeness (QED) is 0.767. The van der Waals surface area contributed by atoms with Gasteiger partial charge in [-0.05, 0) is 35.4 Å². The Hall–Kier alpha value is -2.55. The molecule has 0 aliphatic heterocycles. The Labute approximate surface area is 110 Å². The lowest BCUT2D eigenvalue weighted by Gasteiger charge is -1.99. The van der Waals surface area contributed by atoms with E-state index in [9.17, 15) is 15.0 Å². The van der Waals surface area contributed by atoms with E-state index < -0.39 is 0 Å². The van der Waals surface area contributed by atoms with Gasteiger partial charge in [-0.3, -0.25) is 4.79 Å². The number of benzene rings is 2. The van der Waals surface area contributed by atoms with Crippen molar-refractivity contribution < 1.29 is 15.0 Å². The van der Waals surface area contributed by atoms with Crippen LogP contribution in [0.3, 0.4) is 0 Å². The predicted molar refractivity (Wildman–Crippen MR) is 72.2 cm³/mol. The largest absolute Gasteiger partial charge is 0.508 e. The molecule has 3 heteroatoms. The van der Waals surface area contributed by atoms with E-state index in [2.05, 4.69) is 0 Å². The van der Waals surface area contributed by atoms with Crippen molar-refractivity contribution >= 4 is 11.9 Å². The van der Waals surface area contributed by atoms with Gasteiger partial charge in [-0.25, -0.2) is 0 Å². The van der Waals surface area contributed by atoms with Crippen LogP contribution < -0.4 is 0 Å². The first-order valence-electron chi connectivity index (χ1n) is 6.00. The topological polar surface area (TPSA) is 57.5 Å². The summed E-state index contributed by atoms with van der Waals surface area (Å²) < 4.78 is 0. The van der Waals surface area contributed by atoms with Crippen LogP contribution in [0.4, 0.5) is 0 Å². The van der Waals surface area contributed by atoms with Gasteiger partial charge in [0.05, 0.1) is 5.56 Å². The number of rotatable bonds is 1. The highest BCUT2D eigenvalue weighted by molar-refractivity contribution is 6.17. The fourth-order valence-corrected chi connectivity index (χ4v) is 2.37. The Morgan fingerprint density at radius 3 is 2.58 bits per heavy atom. The molecule has 0 amide bonds. The van der Waals surface area contributed by atoms with Crippen LogP contribution in [-0.4, -0.2) is 16.0 Å². The zero-order valence-corrected chi connectivity index (χ0v) is 10.1. The van der Waals surface area contributed by atoms with E-state index in [1.807, 2.05) is 12.1 Å². The summed E-state index contributed by atoms with van der Waals surface area (Å²) in [7, 11) is 0. The molecule has 0 saturated carbocycles. The first kappa shape index (κ1) is 11.5. The maximum absolute atomic E-state index is 12.2. The van der Waals surface area contributed by atoms with Crippen LogP contribution in [0.2, 0.25) is 0 Å². The van der Waals surface area contributed by atoms with Gasteiger partial charge in [-0.2, -0.15) is 0 Å². The highest BCUT2D eigenvalue weighted by Crippen LogP contribution is 2.33.